The molecule has 0 aliphatic carbocycles. The monoisotopic (exact) mass is 218 g/mol. The zero-order chi connectivity index (χ0) is 10.9. The molecule has 0 aliphatic rings. The van der Waals surface area contributed by atoms with Crippen molar-refractivity contribution >= 4 is 16.1 Å². The summed E-state index contributed by atoms with van der Waals surface area (Å²) < 4.78 is 30.0. The van der Waals surface area contributed by atoms with Gasteiger partial charge in [-0.3, -0.25) is 4.55 Å². The van der Waals surface area contributed by atoms with Crippen LogP contribution in [-0.2, 0) is 10.1 Å². The molecular weight excluding hydrogens is 212 g/mol. The molecule has 0 heterocycles. The molecule has 7 heteroatoms. The molecule has 0 unspecified atom stereocenters. The first-order chi connectivity index (χ1) is 6.32. The molecule has 14 heavy (non-hydrogen) atoms. The minimum absolute atomic E-state index is 0.394. The number of phenolic OH excluding ortho intramolecular Hbond substituents is 1. The fraction of sp³-hybridized carbons (Fsp3) is 0. The average Bonchev–Trinajstić information content (AvgIpc) is 2.01. The predicted molar refractivity (Wildman–Crippen MR) is 44.9 cm³/mol. The molecule has 0 radical (unpaired) electrons. The summed E-state index contributed by atoms with van der Waals surface area (Å²) in [4.78, 5) is 9.79. The van der Waals surface area contributed by atoms with E-state index in [0.717, 1.165) is 18.2 Å². The largest absolute Gasteiger partial charge is 0.508 e. The van der Waals surface area contributed by atoms with E-state index in [1.807, 2.05) is 0 Å². The first-order valence-corrected chi connectivity index (χ1v) is 4.80. The molecule has 1 rings (SSSR count). The lowest BCUT2D eigenvalue weighted by Gasteiger charge is -2.02. The summed E-state index contributed by atoms with van der Waals surface area (Å²) in [6, 6.07) is 2.52. The summed E-state index contributed by atoms with van der Waals surface area (Å²) in [5, 5.41) is 17.5. The third-order valence-electron chi connectivity index (χ3n) is 1.47. The molecule has 0 saturated carbocycles. The van der Waals surface area contributed by atoms with Crippen molar-refractivity contribution in [3.05, 3.63) is 23.8 Å². The maximum atomic E-state index is 10.7. The second-order valence-corrected chi connectivity index (χ2v) is 3.85. The smallest absolute Gasteiger partial charge is 0.337 e. The summed E-state index contributed by atoms with van der Waals surface area (Å²) in [5.74, 6) is -1.94. The van der Waals surface area contributed by atoms with Crippen LogP contribution in [0.1, 0.15) is 10.4 Å². The van der Waals surface area contributed by atoms with Crippen molar-refractivity contribution in [1.82, 2.24) is 0 Å². The second kappa shape index (κ2) is 3.28. The van der Waals surface area contributed by atoms with Gasteiger partial charge in [-0.2, -0.15) is 8.42 Å². The van der Waals surface area contributed by atoms with Crippen LogP contribution in [0.25, 0.3) is 0 Å². The second-order valence-electron chi connectivity index (χ2n) is 2.46. The van der Waals surface area contributed by atoms with E-state index in [-0.39, 0.29) is 0 Å². The van der Waals surface area contributed by atoms with E-state index >= 15 is 0 Å². The van der Waals surface area contributed by atoms with Crippen molar-refractivity contribution in [3.63, 3.8) is 0 Å². The van der Waals surface area contributed by atoms with Gasteiger partial charge < -0.3 is 10.2 Å². The van der Waals surface area contributed by atoms with Gasteiger partial charge in [0.05, 0.1) is 5.56 Å². The molecule has 0 saturated heterocycles. The van der Waals surface area contributed by atoms with E-state index in [1.165, 1.54) is 0 Å². The highest BCUT2D eigenvalue weighted by molar-refractivity contribution is 7.86. The molecular formula is C7H6O6S. The van der Waals surface area contributed by atoms with Crippen molar-refractivity contribution in [1.29, 1.82) is 0 Å². The first-order valence-electron chi connectivity index (χ1n) is 3.36. The van der Waals surface area contributed by atoms with Gasteiger partial charge in [-0.25, -0.2) is 4.79 Å². The third kappa shape index (κ3) is 2.01. The Labute approximate surface area is 79.2 Å². The lowest BCUT2D eigenvalue weighted by atomic mass is 10.2. The van der Waals surface area contributed by atoms with E-state index in [9.17, 15) is 13.2 Å². The van der Waals surface area contributed by atoms with Crippen LogP contribution in [0.5, 0.6) is 5.75 Å². The Bertz CT molecular complexity index is 475. The lowest BCUT2D eigenvalue weighted by molar-refractivity contribution is 0.0691. The lowest BCUT2D eigenvalue weighted by Crippen LogP contribution is -2.07. The van der Waals surface area contributed by atoms with Gasteiger partial charge in [-0.1, -0.05) is 0 Å². The van der Waals surface area contributed by atoms with Crippen molar-refractivity contribution in [3.8, 4) is 5.75 Å². The van der Waals surface area contributed by atoms with E-state index in [2.05, 4.69) is 0 Å². The van der Waals surface area contributed by atoms with Crippen LogP contribution in [0.4, 0.5) is 0 Å². The van der Waals surface area contributed by atoms with Crippen LogP contribution in [0, 0.1) is 0 Å². The van der Waals surface area contributed by atoms with Crippen molar-refractivity contribution in [2.45, 2.75) is 4.90 Å². The summed E-state index contributed by atoms with van der Waals surface area (Å²) >= 11 is 0. The highest BCUT2D eigenvalue weighted by Gasteiger charge is 2.20. The van der Waals surface area contributed by atoms with Gasteiger partial charge in [0.15, 0.2) is 0 Å². The zero-order valence-electron chi connectivity index (χ0n) is 6.71. The minimum Gasteiger partial charge on any atom is -0.508 e. The predicted octanol–water partition coefficient (Wildman–Crippen LogP) is 0.337. The van der Waals surface area contributed by atoms with Crippen LogP contribution < -0.4 is 0 Å². The number of phenols is 1. The normalized spacial score (nSPS) is 11.2. The maximum absolute atomic E-state index is 10.7. The summed E-state index contributed by atoms with van der Waals surface area (Å²) in [7, 11) is -4.59. The molecule has 1 aromatic carbocycles. The molecule has 0 spiro atoms. The van der Waals surface area contributed by atoms with Crippen LogP contribution in [0.3, 0.4) is 0 Å². The number of hydrogen-bond donors (Lipinski definition) is 3. The molecule has 0 aromatic heterocycles. The standard InChI is InChI=1S/C7H6O6S/c8-4-1-2-6(14(11,12)13)5(3-4)7(9)10/h1-3,8H,(H,9,10)(H,11,12,13). The third-order valence-corrected chi connectivity index (χ3v) is 2.38. The van der Waals surface area contributed by atoms with Gasteiger partial charge in [0.25, 0.3) is 10.1 Å². The quantitative estimate of drug-likeness (QED) is 0.617. The molecule has 0 amide bonds. The summed E-state index contributed by atoms with van der Waals surface area (Å²) in [5.41, 5.74) is -0.674. The van der Waals surface area contributed by atoms with Crippen LogP contribution >= 0.6 is 0 Å². The highest BCUT2D eigenvalue weighted by Crippen LogP contribution is 2.20. The molecule has 0 aliphatic heterocycles. The van der Waals surface area contributed by atoms with E-state index in [1.54, 1.807) is 0 Å². The fourth-order valence-electron chi connectivity index (χ4n) is 0.910. The number of carboxylic acids is 1. The van der Waals surface area contributed by atoms with Gasteiger partial charge in [0, 0.05) is 0 Å². The van der Waals surface area contributed by atoms with Gasteiger partial charge in [0.1, 0.15) is 10.6 Å². The molecule has 0 fully saturated rings. The summed E-state index contributed by atoms with van der Waals surface area (Å²) in [6.07, 6.45) is 0. The van der Waals surface area contributed by atoms with Crippen molar-refractivity contribution in [2.24, 2.45) is 0 Å². The molecule has 0 atom stereocenters. The Morgan fingerprint density at radius 2 is 1.86 bits per heavy atom. The number of carboxylic acid groups (broad SMARTS) is 1. The number of carbonyl (C=O) groups is 1. The summed E-state index contributed by atoms with van der Waals surface area (Å²) in [6.45, 7) is 0. The van der Waals surface area contributed by atoms with Crippen LogP contribution in [0.15, 0.2) is 23.1 Å². The first kappa shape index (κ1) is 10.5. The topological polar surface area (TPSA) is 112 Å². The fourth-order valence-corrected chi connectivity index (χ4v) is 1.57. The van der Waals surface area contributed by atoms with Crippen molar-refractivity contribution in [2.75, 3.05) is 0 Å². The Hall–Kier alpha value is -1.60. The SMILES string of the molecule is O=C(O)c1cc(O)ccc1S(=O)(=O)O. The maximum Gasteiger partial charge on any atom is 0.337 e. The molecule has 6 nitrogen and oxygen atoms in total. The van der Waals surface area contributed by atoms with Crippen molar-refractivity contribution < 1.29 is 28.0 Å². The Kier molecular flexibility index (Phi) is 2.45. The number of hydrogen-bond acceptors (Lipinski definition) is 4. The Morgan fingerprint density at radius 1 is 1.29 bits per heavy atom. The van der Waals surface area contributed by atoms with Gasteiger partial charge in [-0.15, -0.1) is 0 Å². The number of aromatic carboxylic acids is 1. The van der Waals surface area contributed by atoms with E-state index in [4.69, 9.17) is 14.8 Å². The van der Waals surface area contributed by atoms with Gasteiger partial charge >= 0.3 is 5.97 Å². The van der Waals surface area contributed by atoms with Crippen LogP contribution in [0.2, 0.25) is 0 Å². The Morgan fingerprint density at radius 3 is 2.29 bits per heavy atom. The number of benzene rings is 1. The molecule has 76 valence electrons. The van der Waals surface area contributed by atoms with Crippen LogP contribution in [-0.4, -0.2) is 29.2 Å². The molecule has 1 aromatic rings. The average molecular weight is 218 g/mol. The number of aromatic hydroxyl groups is 1. The number of rotatable bonds is 2. The van der Waals surface area contributed by atoms with E-state index < -0.39 is 32.3 Å². The Balaban J connectivity index is 3.53. The van der Waals surface area contributed by atoms with Gasteiger partial charge in [-0.05, 0) is 18.2 Å². The van der Waals surface area contributed by atoms with E-state index in [0.29, 0.717) is 0 Å². The highest BCUT2D eigenvalue weighted by atomic mass is 32.2. The molecule has 0 bridgehead atoms. The molecule has 3 N–H and O–H groups in total. The van der Waals surface area contributed by atoms with Gasteiger partial charge in [0.2, 0.25) is 0 Å². The zero-order valence-corrected chi connectivity index (χ0v) is 7.52. The minimum atomic E-state index is -4.59.